The van der Waals surface area contributed by atoms with Gasteiger partial charge in [0.05, 0.1) is 5.69 Å². The lowest BCUT2D eigenvalue weighted by atomic mass is 10.1. The molecule has 0 atom stereocenters. The number of aromatic nitrogens is 3. The summed E-state index contributed by atoms with van der Waals surface area (Å²) in [5, 5.41) is 14.6. The number of aryl methyl sites for hydroxylation is 1. The van der Waals surface area contributed by atoms with Gasteiger partial charge < -0.3 is 5.32 Å². The van der Waals surface area contributed by atoms with Crippen molar-refractivity contribution in [2.24, 2.45) is 0 Å². The van der Waals surface area contributed by atoms with Gasteiger partial charge in [-0.05, 0) is 18.6 Å². The van der Waals surface area contributed by atoms with E-state index in [4.69, 9.17) is 11.6 Å². The number of aromatic amines is 1. The molecular weight excluding hydrogens is 370 g/mol. The number of H-pyrrole nitrogens is 1. The van der Waals surface area contributed by atoms with Crippen LogP contribution in [0.4, 0.5) is 5.13 Å². The minimum Gasteiger partial charge on any atom is -0.312 e. The van der Waals surface area contributed by atoms with Crippen molar-refractivity contribution in [3.63, 3.8) is 0 Å². The van der Waals surface area contributed by atoms with Gasteiger partial charge in [-0.25, -0.2) is 4.98 Å². The molecule has 1 aromatic carbocycles. The summed E-state index contributed by atoms with van der Waals surface area (Å²) in [7, 11) is 0. The Morgan fingerprint density at radius 3 is 3.08 bits per heavy atom. The maximum atomic E-state index is 12.6. The molecule has 6 nitrogen and oxygen atoms in total. The summed E-state index contributed by atoms with van der Waals surface area (Å²) >= 11 is 7.72. The molecule has 3 aromatic rings. The van der Waals surface area contributed by atoms with Gasteiger partial charge in [0, 0.05) is 47.1 Å². The fourth-order valence-corrected chi connectivity index (χ4v) is 4.21. The summed E-state index contributed by atoms with van der Waals surface area (Å²) in [6, 6.07) is 7.76. The molecule has 8 heteroatoms. The molecule has 0 fully saturated rings. The van der Waals surface area contributed by atoms with E-state index in [9.17, 15) is 4.79 Å². The van der Waals surface area contributed by atoms with Crippen molar-refractivity contribution in [1.82, 2.24) is 20.5 Å². The van der Waals surface area contributed by atoms with E-state index < -0.39 is 0 Å². The predicted molar refractivity (Wildman–Crippen MR) is 103 cm³/mol. The van der Waals surface area contributed by atoms with Gasteiger partial charge in [-0.2, -0.15) is 5.10 Å². The lowest BCUT2D eigenvalue weighted by Gasteiger charge is -2.12. The molecule has 2 aromatic heterocycles. The molecule has 134 valence electrons. The minimum absolute atomic E-state index is 0.232. The second-order valence-electron chi connectivity index (χ2n) is 6.21. The van der Waals surface area contributed by atoms with Crippen LogP contribution in [-0.4, -0.2) is 27.6 Å². The number of carbonyl (C=O) groups is 1. The van der Waals surface area contributed by atoms with Crippen LogP contribution in [0.5, 0.6) is 0 Å². The van der Waals surface area contributed by atoms with Gasteiger partial charge in [0.2, 0.25) is 0 Å². The number of halogens is 1. The number of hydrogen-bond acceptors (Lipinski definition) is 5. The summed E-state index contributed by atoms with van der Waals surface area (Å²) < 4.78 is 0. The third kappa shape index (κ3) is 3.38. The molecule has 0 bridgehead atoms. The number of nitrogens with one attached hydrogen (secondary N) is 3. The predicted octanol–water partition coefficient (Wildman–Crippen LogP) is 3.32. The third-order valence-electron chi connectivity index (χ3n) is 4.44. The van der Waals surface area contributed by atoms with Gasteiger partial charge in [-0.3, -0.25) is 15.2 Å². The van der Waals surface area contributed by atoms with Crippen LogP contribution in [0, 0.1) is 6.92 Å². The van der Waals surface area contributed by atoms with Crippen LogP contribution in [0.3, 0.4) is 0 Å². The monoisotopic (exact) mass is 387 g/mol. The first-order chi connectivity index (χ1) is 12.6. The van der Waals surface area contributed by atoms with Crippen LogP contribution < -0.4 is 10.6 Å². The van der Waals surface area contributed by atoms with Gasteiger partial charge in [0.1, 0.15) is 0 Å². The maximum Gasteiger partial charge on any atom is 0.278 e. The quantitative estimate of drug-likeness (QED) is 0.641. The smallest absolute Gasteiger partial charge is 0.278 e. The topological polar surface area (TPSA) is 82.7 Å². The van der Waals surface area contributed by atoms with E-state index in [1.807, 2.05) is 31.2 Å². The fourth-order valence-electron chi connectivity index (χ4n) is 3.03. The van der Waals surface area contributed by atoms with E-state index in [1.54, 1.807) is 0 Å². The van der Waals surface area contributed by atoms with Crippen molar-refractivity contribution in [1.29, 1.82) is 0 Å². The van der Waals surface area contributed by atoms with E-state index >= 15 is 0 Å². The molecular formula is C18H18ClN5OS. The molecule has 1 aliphatic rings. The van der Waals surface area contributed by atoms with Crippen molar-refractivity contribution in [3.8, 4) is 0 Å². The number of hydrogen-bond donors (Lipinski definition) is 3. The first-order valence-electron chi connectivity index (χ1n) is 8.39. The van der Waals surface area contributed by atoms with Crippen molar-refractivity contribution in [2.45, 2.75) is 26.3 Å². The van der Waals surface area contributed by atoms with E-state index in [0.29, 0.717) is 23.8 Å². The van der Waals surface area contributed by atoms with Crippen LogP contribution in [0.15, 0.2) is 24.3 Å². The molecule has 1 amide bonds. The van der Waals surface area contributed by atoms with Gasteiger partial charge in [0.25, 0.3) is 5.91 Å². The number of carbonyl (C=O) groups excluding carboxylic acids is 1. The number of anilines is 1. The largest absolute Gasteiger partial charge is 0.312 e. The Labute approximate surface area is 160 Å². The molecule has 0 unspecified atom stereocenters. The highest BCUT2D eigenvalue weighted by molar-refractivity contribution is 7.15. The third-order valence-corrected chi connectivity index (χ3v) is 5.88. The van der Waals surface area contributed by atoms with Gasteiger partial charge >= 0.3 is 0 Å². The Morgan fingerprint density at radius 1 is 1.38 bits per heavy atom. The maximum absolute atomic E-state index is 12.6. The number of fused-ring (bicyclic) bond motifs is 1. The average Bonchev–Trinajstić information content (AvgIpc) is 3.20. The zero-order chi connectivity index (χ0) is 18.1. The summed E-state index contributed by atoms with van der Waals surface area (Å²) in [5.41, 5.74) is 4.36. The molecule has 0 saturated carbocycles. The molecule has 26 heavy (non-hydrogen) atoms. The highest BCUT2D eigenvalue weighted by atomic mass is 35.5. The van der Waals surface area contributed by atoms with Gasteiger partial charge in [0.15, 0.2) is 10.8 Å². The second-order valence-corrected chi connectivity index (χ2v) is 7.70. The molecule has 1 aliphatic heterocycles. The highest BCUT2D eigenvalue weighted by Crippen LogP contribution is 2.28. The van der Waals surface area contributed by atoms with E-state index in [-0.39, 0.29) is 5.91 Å². The van der Waals surface area contributed by atoms with Crippen molar-refractivity contribution in [2.75, 3.05) is 11.9 Å². The minimum atomic E-state index is -0.232. The summed E-state index contributed by atoms with van der Waals surface area (Å²) in [6.45, 7) is 3.50. The van der Waals surface area contributed by atoms with Crippen molar-refractivity contribution in [3.05, 3.63) is 62.4 Å². The van der Waals surface area contributed by atoms with E-state index in [0.717, 1.165) is 45.4 Å². The lowest BCUT2D eigenvalue weighted by Crippen LogP contribution is -2.25. The Kier molecular flexibility index (Phi) is 4.76. The summed E-state index contributed by atoms with van der Waals surface area (Å²) in [6.07, 6.45) is 1.55. The molecule has 4 rings (SSSR count). The van der Waals surface area contributed by atoms with E-state index in [1.165, 1.54) is 11.3 Å². The number of rotatable bonds is 4. The Hall–Kier alpha value is -2.22. The Balaban J connectivity index is 1.52. The first-order valence-corrected chi connectivity index (χ1v) is 9.59. The molecule has 3 heterocycles. The van der Waals surface area contributed by atoms with Gasteiger partial charge in [-0.1, -0.05) is 29.8 Å². The van der Waals surface area contributed by atoms with Gasteiger partial charge in [-0.15, -0.1) is 11.3 Å². The molecule has 0 radical (unpaired) electrons. The molecule has 0 aliphatic carbocycles. The van der Waals surface area contributed by atoms with Crippen LogP contribution in [0.25, 0.3) is 0 Å². The summed E-state index contributed by atoms with van der Waals surface area (Å²) in [4.78, 5) is 18.2. The zero-order valence-electron chi connectivity index (χ0n) is 14.2. The van der Waals surface area contributed by atoms with E-state index in [2.05, 4.69) is 25.8 Å². The van der Waals surface area contributed by atoms with Crippen molar-refractivity contribution >= 4 is 34.0 Å². The Bertz CT molecular complexity index is 964. The van der Waals surface area contributed by atoms with Crippen LogP contribution in [0.2, 0.25) is 5.02 Å². The zero-order valence-corrected chi connectivity index (χ0v) is 15.8. The molecule has 3 N–H and O–H groups in total. The standard InChI is InChI=1S/C18H18ClN5OS/c1-10-15(8-11-4-2-3-5-13(11)19)26-18(21-10)22-17(25)16-12-9-20-7-6-14(12)23-24-16/h2-5,20H,6-9H2,1H3,(H,23,24)(H,21,22,25). The second kappa shape index (κ2) is 7.19. The number of amides is 1. The number of thiazole rings is 1. The fraction of sp³-hybridized carbons (Fsp3) is 0.278. The Morgan fingerprint density at radius 2 is 2.23 bits per heavy atom. The van der Waals surface area contributed by atoms with Crippen LogP contribution in [-0.2, 0) is 19.4 Å². The molecule has 0 spiro atoms. The lowest BCUT2D eigenvalue weighted by molar-refractivity contribution is 0.102. The first kappa shape index (κ1) is 17.2. The summed E-state index contributed by atoms with van der Waals surface area (Å²) in [5.74, 6) is -0.232. The van der Waals surface area contributed by atoms with Crippen molar-refractivity contribution < 1.29 is 4.79 Å². The molecule has 0 saturated heterocycles. The SMILES string of the molecule is Cc1nc(NC(=O)c2n[nH]c3c2CNCC3)sc1Cc1ccccc1Cl. The number of benzene rings is 1. The normalized spacial score (nSPS) is 13.5. The van der Waals surface area contributed by atoms with Crippen LogP contribution >= 0.6 is 22.9 Å². The average molecular weight is 388 g/mol. The highest BCUT2D eigenvalue weighted by Gasteiger charge is 2.22. The van der Waals surface area contributed by atoms with Crippen LogP contribution in [0.1, 0.15) is 37.9 Å². The number of nitrogens with zero attached hydrogens (tertiary/aromatic N) is 2.